The molecule has 2 saturated carbocycles. The van der Waals surface area contributed by atoms with E-state index in [1.165, 1.54) is 38.5 Å². The Morgan fingerprint density at radius 1 is 0.667 bits per heavy atom. The highest BCUT2D eigenvalue weighted by molar-refractivity contribution is 5.71. The highest BCUT2D eigenvalue weighted by Gasteiger charge is 2.31. The first-order chi connectivity index (χ1) is 20.5. The molecule has 42 heavy (non-hydrogen) atoms. The van der Waals surface area contributed by atoms with Crippen molar-refractivity contribution in [2.24, 2.45) is 17.8 Å². The molecule has 3 heteroatoms. The van der Waals surface area contributed by atoms with Gasteiger partial charge in [-0.05, 0) is 129 Å². The monoisotopic (exact) mass is 572 g/mol. The van der Waals surface area contributed by atoms with E-state index in [0.29, 0.717) is 23.5 Å². The molecule has 0 saturated heterocycles. The molecule has 3 aromatic carbocycles. The zero-order valence-corrected chi connectivity index (χ0v) is 25.5. The van der Waals surface area contributed by atoms with Crippen LogP contribution >= 0.6 is 0 Å². The number of rotatable bonds is 10. The largest absolute Gasteiger partial charge is 0.207 e. The first kappa shape index (κ1) is 30.6. The van der Waals surface area contributed by atoms with E-state index < -0.39 is 11.6 Å². The van der Waals surface area contributed by atoms with E-state index >= 15 is 4.39 Å². The second-order valence-electron chi connectivity index (χ2n) is 12.8. The molecule has 0 N–H and O–H groups in total. The highest BCUT2D eigenvalue weighted by atomic mass is 19.2. The molecule has 3 aromatic rings. The fourth-order valence-electron chi connectivity index (χ4n) is 7.61. The second-order valence-corrected chi connectivity index (χ2v) is 12.8. The van der Waals surface area contributed by atoms with Gasteiger partial charge >= 0.3 is 0 Å². The van der Waals surface area contributed by atoms with Gasteiger partial charge < -0.3 is 0 Å². The Balaban J connectivity index is 1.19. The molecule has 0 radical (unpaired) electrons. The Hall–Kier alpha value is -2.81. The van der Waals surface area contributed by atoms with Crippen LogP contribution in [0.15, 0.2) is 66.7 Å². The van der Waals surface area contributed by atoms with E-state index in [0.717, 1.165) is 73.0 Å². The molecule has 0 unspecified atom stereocenters. The number of halogens is 3. The van der Waals surface area contributed by atoms with E-state index in [9.17, 15) is 8.78 Å². The smallest absolute Gasteiger partial charge is 0.166 e. The van der Waals surface area contributed by atoms with Gasteiger partial charge in [0, 0.05) is 5.56 Å². The van der Waals surface area contributed by atoms with E-state index in [1.807, 2.05) is 24.3 Å². The molecular formula is C39H47F3. The van der Waals surface area contributed by atoms with Crippen LogP contribution in [0.25, 0.3) is 22.3 Å². The van der Waals surface area contributed by atoms with Crippen molar-refractivity contribution in [1.29, 1.82) is 0 Å². The van der Waals surface area contributed by atoms with Gasteiger partial charge in [-0.2, -0.15) is 0 Å². The van der Waals surface area contributed by atoms with Crippen molar-refractivity contribution in [2.45, 2.75) is 103 Å². The topological polar surface area (TPSA) is 0 Å². The molecule has 0 atom stereocenters. The lowest BCUT2D eigenvalue weighted by molar-refractivity contribution is 0.171. The van der Waals surface area contributed by atoms with Gasteiger partial charge in [-0.15, -0.1) is 0 Å². The summed E-state index contributed by atoms with van der Waals surface area (Å²) in [5.41, 5.74) is 3.85. The first-order valence-electron chi connectivity index (χ1n) is 16.5. The van der Waals surface area contributed by atoms with Crippen LogP contribution in [0.4, 0.5) is 13.2 Å². The van der Waals surface area contributed by atoms with Gasteiger partial charge in [0.05, 0.1) is 0 Å². The molecule has 0 bridgehead atoms. The van der Waals surface area contributed by atoms with Crippen LogP contribution < -0.4 is 0 Å². The minimum Gasteiger partial charge on any atom is -0.207 e. The average Bonchev–Trinajstić information content (AvgIpc) is 3.02. The molecule has 0 aliphatic heterocycles. The zero-order valence-electron chi connectivity index (χ0n) is 25.5. The third-order valence-electron chi connectivity index (χ3n) is 10.2. The summed E-state index contributed by atoms with van der Waals surface area (Å²) in [6.07, 6.45) is 19.2. The summed E-state index contributed by atoms with van der Waals surface area (Å²) < 4.78 is 45.1. The Morgan fingerprint density at radius 2 is 1.31 bits per heavy atom. The summed E-state index contributed by atoms with van der Waals surface area (Å²) >= 11 is 0. The lowest BCUT2D eigenvalue weighted by Crippen LogP contribution is -2.25. The van der Waals surface area contributed by atoms with Crippen molar-refractivity contribution in [3.63, 3.8) is 0 Å². The lowest BCUT2D eigenvalue weighted by Gasteiger charge is -2.37. The van der Waals surface area contributed by atoms with Crippen molar-refractivity contribution in [1.82, 2.24) is 0 Å². The van der Waals surface area contributed by atoms with Gasteiger partial charge in [0.25, 0.3) is 0 Å². The molecule has 5 rings (SSSR count). The van der Waals surface area contributed by atoms with Crippen molar-refractivity contribution >= 4 is 0 Å². The number of unbranched alkanes of at least 4 members (excludes halogenated alkanes) is 3. The summed E-state index contributed by atoms with van der Waals surface area (Å²) in [6, 6.07) is 16.4. The molecule has 2 fully saturated rings. The van der Waals surface area contributed by atoms with Crippen molar-refractivity contribution in [3.8, 4) is 22.3 Å². The van der Waals surface area contributed by atoms with Gasteiger partial charge in [-0.3, -0.25) is 0 Å². The van der Waals surface area contributed by atoms with Gasteiger partial charge in [0.2, 0.25) is 0 Å². The van der Waals surface area contributed by atoms with E-state index in [2.05, 4.69) is 26.0 Å². The van der Waals surface area contributed by atoms with Crippen LogP contribution in [0, 0.1) is 35.2 Å². The summed E-state index contributed by atoms with van der Waals surface area (Å²) in [6.45, 7) is 4.26. The van der Waals surface area contributed by atoms with E-state index in [-0.39, 0.29) is 11.4 Å². The molecule has 0 spiro atoms. The summed E-state index contributed by atoms with van der Waals surface area (Å²) in [4.78, 5) is 0. The molecule has 2 aliphatic carbocycles. The van der Waals surface area contributed by atoms with Crippen molar-refractivity contribution < 1.29 is 13.2 Å². The van der Waals surface area contributed by atoms with Crippen LogP contribution in [0.1, 0.15) is 108 Å². The molecule has 0 heterocycles. The van der Waals surface area contributed by atoms with Crippen LogP contribution in [-0.4, -0.2) is 0 Å². The van der Waals surface area contributed by atoms with Crippen LogP contribution in [0.3, 0.4) is 0 Å². The Morgan fingerprint density at radius 3 is 1.95 bits per heavy atom. The number of benzene rings is 3. The van der Waals surface area contributed by atoms with Crippen LogP contribution in [0.5, 0.6) is 0 Å². The number of hydrogen-bond donors (Lipinski definition) is 0. The zero-order chi connectivity index (χ0) is 29.5. The van der Waals surface area contributed by atoms with E-state index in [4.69, 9.17) is 0 Å². The van der Waals surface area contributed by atoms with Crippen LogP contribution in [-0.2, 0) is 6.42 Å². The minimum atomic E-state index is -0.790. The second kappa shape index (κ2) is 14.6. The third kappa shape index (κ3) is 7.21. The molecule has 224 valence electrons. The molecule has 2 aliphatic rings. The fourth-order valence-corrected chi connectivity index (χ4v) is 7.61. The third-order valence-corrected chi connectivity index (χ3v) is 10.2. The molecular weight excluding hydrogens is 525 g/mol. The van der Waals surface area contributed by atoms with Crippen LogP contribution in [0.2, 0.25) is 0 Å². The Labute approximate surface area is 251 Å². The number of allylic oxidation sites excluding steroid dienone is 2. The maximum atomic E-state index is 15.4. The standard InChI is InChI=1S/C39H47F3/c1-3-5-6-7-9-33-22-25-36(39(42)38(33)41)32-20-16-30(17-21-32)34-23-24-35(37(40)26-34)31-18-14-29(15-19-31)28-12-10-27(8-4-2)11-13-28/h4,8,16-17,20-29,31H,3,5-7,9-15,18-19H2,1-2H3/b8-4+. The molecule has 0 aromatic heterocycles. The molecule has 0 nitrogen and oxygen atoms in total. The maximum absolute atomic E-state index is 15.4. The van der Waals surface area contributed by atoms with Crippen molar-refractivity contribution in [2.75, 3.05) is 0 Å². The number of aryl methyl sites for hydroxylation is 1. The summed E-state index contributed by atoms with van der Waals surface area (Å²) in [5, 5.41) is 0. The highest BCUT2D eigenvalue weighted by Crippen LogP contribution is 2.45. The Kier molecular flexibility index (Phi) is 10.6. The summed E-state index contributed by atoms with van der Waals surface area (Å²) in [5.74, 6) is 1.06. The quantitative estimate of drug-likeness (QED) is 0.167. The van der Waals surface area contributed by atoms with Gasteiger partial charge in [0.15, 0.2) is 11.6 Å². The van der Waals surface area contributed by atoms with E-state index in [1.54, 1.807) is 30.3 Å². The summed E-state index contributed by atoms with van der Waals surface area (Å²) in [7, 11) is 0. The molecule has 0 amide bonds. The fraction of sp³-hybridized carbons (Fsp3) is 0.487. The van der Waals surface area contributed by atoms with Gasteiger partial charge in [0.1, 0.15) is 5.82 Å². The Bertz CT molecular complexity index is 1320. The average molecular weight is 573 g/mol. The van der Waals surface area contributed by atoms with Gasteiger partial charge in [-0.1, -0.05) is 86.9 Å². The predicted octanol–water partition coefficient (Wildman–Crippen LogP) is 12.2. The predicted molar refractivity (Wildman–Crippen MR) is 170 cm³/mol. The SMILES string of the molecule is C/C=C/C1CCC(C2CCC(c3ccc(-c4ccc(-c5ccc(CCCCCC)c(F)c5F)cc4)cc3F)CC2)CC1. The number of hydrogen-bond acceptors (Lipinski definition) is 0. The normalized spacial score (nSPS) is 23.0. The van der Waals surface area contributed by atoms with Crippen molar-refractivity contribution in [3.05, 3.63) is 95.3 Å². The lowest BCUT2D eigenvalue weighted by atomic mass is 9.68. The first-order valence-corrected chi connectivity index (χ1v) is 16.5. The minimum absolute atomic E-state index is 0.130. The van der Waals surface area contributed by atoms with Gasteiger partial charge in [-0.25, -0.2) is 13.2 Å². The maximum Gasteiger partial charge on any atom is 0.166 e.